The van der Waals surface area contributed by atoms with Gasteiger partial charge in [-0.05, 0) is 17.9 Å². The summed E-state index contributed by atoms with van der Waals surface area (Å²) in [7, 11) is 0. The van der Waals surface area contributed by atoms with Crippen LogP contribution in [0.15, 0.2) is 23.8 Å². The number of hydrogen-bond acceptors (Lipinski definition) is 0. The summed E-state index contributed by atoms with van der Waals surface area (Å²) in [5.41, 5.74) is -0.417. The second-order valence-electron chi connectivity index (χ2n) is 3.20. The molecular formula is C10H15F3. The maximum absolute atomic E-state index is 12.2. The van der Waals surface area contributed by atoms with Crippen LogP contribution in [0, 0.1) is 5.92 Å². The van der Waals surface area contributed by atoms with Crippen LogP contribution in [0.5, 0.6) is 0 Å². The molecule has 0 atom stereocenters. The van der Waals surface area contributed by atoms with Gasteiger partial charge in [0.15, 0.2) is 0 Å². The molecule has 0 unspecified atom stereocenters. The van der Waals surface area contributed by atoms with E-state index in [1.54, 1.807) is 19.9 Å². The monoisotopic (exact) mass is 192 g/mol. The Kier molecular flexibility index (Phi) is 4.24. The highest BCUT2D eigenvalue weighted by Crippen LogP contribution is 2.33. The van der Waals surface area contributed by atoms with Crippen LogP contribution < -0.4 is 0 Å². The molecule has 0 radical (unpaired) electrons. The molecular weight excluding hydrogens is 177 g/mol. The minimum atomic E-state index is -4.30. The molecule has 0 amide bonds. The normalized spacial score (nSPS) is 13.6. The van der Waals surface area contributed by atoms with Gasteiger partial charge in [0.05, 0.1) is 5.57 Å². The summed E-state index contributed by atoms with van der Waals surface area (Å²) in [5.74, 6) is -0.130. The third-order valence-electron chi connectivity index (χ3n) is 1.74. The Bertz CT molecular complexity index is 209. The molecule has 13 heavy (non-hydrogen) atoms. The number of halogens is 3. The lowest BCUT2D eigenvalue weighted by atomic mass is 9.95. The van der Waals surface area contributed by atoms with E-state index in [4.69, 9.17) is 0 Å². The fourth-order valence-corrected chi connectivity index (χ4v) is 1.09. The van der Waals surface area contributed by atoms with Crippen molar-refractivity contribution < 1.29 is 13.2 Å². The van der Waals surface area contributed by atoms with Crippen LogP contribution in [-0.2, 0) is 0 Å². The first kappa shape index (κ1) is 12.3. The molecule has 0 N–H and O–H groups in total. The van der Waals surface area contributed by atoms with Crippen LogP contribution in [0.25, 0.3) is 0 Å². The average Bonchev–Trinajstić information content (AvgIpc) is 1.96. The highest BCUT2D eigenvalue weighted by atomic mass is 19.4. The molecule has 0 saturated heterocycles. The quantitative estimate of drug-likeness (QED) is 0.590. The highest BCUT2D eigenvalue weighted by Gasteiger charge is 2.34. The van der Waals surface area contributed by atoms with E-state index in [9.17, 15) is 13.2 Å². The lowest BCUT2D eigenvalue weighted by Crippen LogP contribution is -2.15. The molecule has 0 aromatic rings. The Labute approximate surface area is 77.1 Å². The average molecular weight is 192 g/mol. The van der Waals surface area contributed by atoms with Crippen molar-refractivity contribution in [2.75, 3.05) is 0 Å². The van der Waals surface area contributed by atoms with Gasteiger partial charge >= 0.3 is 6.18 Å². The minimum Gasteiger partial charge on any atom is -0.166 e. The summed E-state index contributed by atoms with van der Waals surface area (Å²) in [5, 5.41) is 0. The maximum atomic E-state index is 12.2. The molecule has 0 nitrogen and oxygen atoms in total. The van der Waals surface area contributed by atoms with Crippen molar-refractivity contribution in [2.45, 2.75) is 33.4 Å². The molecule has 0 aromatic heterocycles. The summed E-state index contributed by atoms with van der Waals surface area (Å²) in [6.07, 6.45) is -2.12. The standard InChI is InChI=1S/C10H15F3/c1-5-6-9(7(2)3)8(4)10(11,12)13/h6-7H,4-5H2,1-3H3. The van der Waals surface area contributed by atoms with Crippen molar-refractivity contribution in [3.63, 3.8) is 0 Å². The van der Waals surface area contributed by atoms with E-state index in [-0.39, 0.29) is 5.92 Å². The molecule has 0 aliphatic rings. The minimum absolute atomic E-state index is 0.130. The van der Waals surface area contributed by atoms with Gasteiger partial charge in [0.2, 0.25) is 0 Å². The molecule has 0 heterocycles. The SMILES string of the molecule is C=C(C(=CCC)C(C)C)C(F)(F)F. The van der Waals surface area contributed by atoms with E-state index in [1.165, 1.54) is 0 Å². The Hall–Kier alpha value is -0.730. The van der Waals surface area contributed by atoms with E-state index < -0.39 is 11.7 Å². The van der Waals surface area contributed by atoms with Gasteiger partial charge in [0.25, 0.3) is 0 Å². The first-order chi connectivity index (χ1) is 5.80. The van der Waals surface area contributed by atoms with E-state index in [2.05, 4.69) is 6.58 Å². The van der Waals surface area contributed by atoms with Gasteiger partial charge in [-0.25, -0.2) is 0 Å². The topological polar surface area (TPSA) is 0 Å². The van der Waals surface area contributed by atoms with Crippen molar-refractivity contribution in [1.82, 2.24) is 0 Å². The molecule has 0 fully saturated rings. The largest absolute Gasteiger partial charge is 0.416 e. The Morgan fingerprint density at radius 2 is 1.85 bits per heavy atom. The fraction of sp³-hybridized carbons (Fsp3) is 0.600. The van der Waals surface area contributed by atoms with Gasteiger partial charge < -0.3 is 0 Å². The molecule has 0 aromatic carbocycles. The zero-order valence-corrected chi connectivity index (χ0v) is 8.20. The van der Waals surface area contributed by atoms with Crippen molar-refractivity contribution >= 4 is 0 Å². The van der Waals surface area contributed by atoms with E-state index in [0.29, 0.717) is 12.0 Å². The first-order valence-electron chi connectivity index (χ1n) is 4.27. The van der Waals surface area contributed by atoms with Crippen molar-refractivity contribution in [2.24, 2.45) is 5.92 Å². The number of hydrogen-bond donors (Lipinski definition) is 0. The summed E-state index contributed by atoms with van der Waals surface area (Å²) >= 11 is 0. The number of alkyl halides is 3. The second-order valence-corrected chi connectivity index (χ2v) is 3.20. The predicted molar refractivity (Wildman–Crippen MR) is 48.4 cm³/mol. The van der Waals surface area contributed by atoms with Crippen LogP contribution in [0.4, 0.5) is 13.2 Å². The molecule has 0 spiro atoms. The second kappa shape index (κ2) is 4.49. The van der Waals surface area contributed by atoms with Crippen LogP contribution in [0.2, 0.25) is 0 Å². The maximum Gasteiger partial charge on any atom is 0.416 e. The third-order valence-corrected chi connectivity index (χ3v) is 1.74. The molecule has 3 heteroatoms. The smallest absolute Gasteiger partial charge is 0.166 e. The molecule has 0 bridgehead atoms. The molecule has 0 rings (SSSR count). The molecule has 76 valence electrons. The Balaban J connectivity index is 4.79. The first-order valence-corrected chi connectivity index (χ1v) is 4.27. The zero-order chi connectivity index (χ0) is 10.6. The van der Waals surface area contributed by atoms with E-state index in [0.717, 1.165) is 0 Å². The number of allylic oxidation sites excluding steroid dienone is 3. The van der Waals surface area contributed by atoms with Crippen LogP contribution >= 0.6 is 0 Å². The summed E-state index contributed by atoms with van der Waals surface area (Å²) in [6, 6.07) is 0. The van der Waals surface area contributed by atoms with Gasteiger partial charge in [-0.1, -0.05) is 33.4 Å². The van der Waals surface area contributed by atoms with Gasteiger partial charge in [-0.15, -0.1) is 0 Å². The van der Waals surface area contributed by atoms with E-state index in [1.807, 2.05) is 6.92 Å². The molecule has 0 saturated carbocycles. The van der Waals surface area contributed by atoms with Gasteiger partial charge in [0, 0.05) is 0 Å². The van der Waals surface area contributed by atoms with Crippen molar-refractivity contribution in [3.05, 3.63) is 23.8 Å². The summed E-state index contributed by atoms with van der Waals surface area (Å²) in [6.45, 7) is 8.35. The summed E-state index contributed by atoms with van der Waals surface area (Å²) < 4.78 is 36.7. The van der Waals surface area contributed by atoms with Crippen LogP contribution in [0.1, 0.15) is 27.2 Å². The lowest BCUT2D eigenvalue weighted by Gasteiger charge is -2.16. The van der Waals surface area contributed by atoms with Gasteiger partial charge in [-0.3, -0.25) is 0 Å². The Morgan fingerprint density at radius 3 is 2.08 bits per heavy atom. The van der Waals surface area contributed by atoms with Crippen LogP contribution in [-0.4, -0.2) is 6.18 Å². The highest BCUT2D eigenvalue weighted by molar-refractivity contribution is 5.33. The van der Waals surface area contributed by atoms with Crippen LogP contribution in [0.3, 0.4) is 0 Å². The lowest BCUT2D eigenvalue weighted by molar-refractivity contribution is -0.0896. The van der Waals surface area contributed by atoms with Crippen molar-refractivity contribution in [1.29, 1.82) is 0 Å². The molecule has 0 aliphatic carbocycles. The van der Waals surface area contributed by atoms with Gasteiger partial charge in [0.1, 0.15) is 0 Å². The van der Waals surface area contributed by atoms with Gasteiger partial charge in [-0.2, -0.15) is 13.2 Å². The predicted octanol–water partition coefficient (Wildman–Crippen LogP) is 4.10. The fourth-order valence-electron chi connectivity index (χ4n) is 1.09. The summed E-state index contributed by atoms with van der Waals surface area (Å²) in [4.78, 5) is 0. The third kappa shape index (κ3) is 3.66. The Morgan fingerprint density at radius 1 is 1.38 bits per heavy atom. The molecule has 0 aliphatic heterocycles. The number of rotatable bonds is 3. The van der Waals surface area contributed by atoms with Crippen molar-refractivity contribution in [3.8, 4) is 0 Å². The van der Waals surface area contributed by atoms with E-state index >= 15 is 0 Å². The zero-order valence-electron chi connectivity index (χ0n) is 8.20.